The largest absolute Gasteiger partial charge is 0.497 e. The number of rotatable bonds is 8. The van der Waals surface area contributed by atoms with Gasteiger partial charge in [-0.25, -0.2) is 0 Å². The lowest BCUT2D eigenvalue weighted by Crippen LogP contribution is -2.58. The van der Waals surface area contributed by atoms with E-state index in [1.54, 1.807) is 44.4 Å². The lowest BCUT2D eigenvalue weighted by Gasteiger charge is -2.38. The van der Waals surface area contributed by atoms with Crippen molar-refractivity contribution < 1.29 is 34.1 Å². The zero-order valence-electron chi connectivity index (χ0n) is 18.4. The molecule has 0 radical (unpaired) electrons. The van der Waals surface area contributed by atoms with Crippen molar-refractivity contribution in [2.75, 3.05) is 25.2 Å². The molecule has 3 fully saturated rings. The number of fused-ring (bicyclic) bond motifs is 1. The first kappa shape index (κ1) is 23.7. The molecule has 1 aromatic rings. The molecule has 33 heavy (non-hydrogen) atoms. The highest BCUT2D eigenvalue weighted by Gasteiger charge is 2.77. The fourth-order valence-corrected chi connectivity index (χ4v) is 6.50. The highest BCUT2D eigenvalue weighted by atomic mass is 79.9. The summed E-state index contributed by atoms with van der Waals surface area (Å²) in [5, 5.41) is 19.8. The van der Waals surface area contributed by atoms with Gasteiger partial charge in [-0.1, -0.05) is 22.0 Å². The van der Waals surface area contributed by atoms with E-state index < -0.39 is 53.4 Å². The van der Waals surface area contributed by atoms with Gasteiger partial charge >= 0.3 is 5.97 Å². The van der Waals surface area contributed by atoms with Crippen LogP contribution in [0.1, 0.15) is 13.3 Å². The summed E-state index contributed by atoms with van der Waals surface area (Å²) in [6, 6.07) is 5.12. The number of alkyl halides is 1. The molecule has 0 aromatic heterocycles. The highest BCUT2D eigenvalue weighted by molar-refractivity contribution is 9.09. The van der Waals surface area contributed by atoms with Crippen molar-refractivity contribution in [3.8, 4) is 5.75 Å². The number of halogens is 1. The highest BCUT2D eigenvalue weighted by Crippen LogP contribution is 2.60. The predicted octanol–water partition coefficient (Wildman–Crippen LogP) is 1.43. The van der Waals surface area contributed by atoms with E-state index in [2.05, 4.69) is 22.5 Å². The van der Waals surface area contributed by atoms with Crippen molar-refractivity contribution in [2.24, 2.45) is 11.8 Å². The molecular weight excluding hydrogens is 496 g/mol. The van der Waals surface area contributed by atoms with E-state index in [1.807, 2.05) is 0 Å². The van der Waals surface area contributed by atoms with E-state index in [-0.39, 0.29) is 18.0 Å². The Balaban J connectivity index is 1.81. The van der Waals surface area contributed by atoms with Crippen molar-refractivity contribution in [3.05, 3.63) is 36.9 Å². The summed E-state index contributed by atoms with van der Waals surface area (Å²) in [6.07, 6.45) is 1.17. The standard InChI is InChI=1S/C23H27BrN2O7/c1-4-9-25(13-5-7-14(32-3)8-6-13)21(29)19-23-10-15(24)18(33-23)16(22(30)31)17(23)20(28)26(19)12(2)11-27/h4-8,12,15-19,27H,1,9-11H2,2-3H3,(H,30,31)/t12-,15?,16+,17+,18+,19?,23?/m1/s1. The Labute approximate surface area is 200 Å². The number of nitrogens with zero attached hydrogens (tertiary/aromatic N) is 2. The first-order valence-electron chi connectivity index (χ1n) is 10.8. The molecule has 0 aliphatic carbocycles. The zero-order chi connectivity index (χ0) is 24.1. The van der Waals surface area contributed by atoms with Crippen LogP contribution >= 0.6 is 15.9 Å². The predicted molar refractivity (Wildman–Crippen MR) is 122 cm³/mol. The second-order valence-electron chi connectivity index (χ2n) is 8.71. The van der Waals surface area contributed by atoms with Gasteiger partial charge in [0, 0.05) is 17.1 Å². The van der Waals surface area contributed by atoms with Gasteiger partial charge in [0.2, 0.25) is 5.91 Å². The van der Waals surface area contributed by atoms with E-state index in [1.165, 1.54) is 9.80 Å². The number of aliphatic hydroxyl groups excluding tert-OH is 1. The number of benzene rings is 1. The number of carbonyl (C=O) groups is 3. The molecular formula is C23H27BrN2O7. The number of hydrogen-bond donors (Lipinski definition) is 2. The summed E-state index contributed by atoms with van der Waals surface area (Å²) in [6.45, 7) is 5.19. The van der Waals surface area contributed by atoms with Crippen molar-refractivity contribution in [1.82, 2.24) is 4.90 Å². The number of likely N-dealkylation sites (tertiary alicyclic amines) is 1. The number of anilines is 1. The third-order valence-corrected chi connectivity index (χ3v) is 7.79. The molecule has 3 unspecified atom stereocenters. The SMILES string of the molecule is C=CCN(C(=O)C1N([C@H](C)CO)C(=O)[C@@H]2[C@H](C(=O)O)[C@H]3OC12CC3Br)c1ccc(OC)cc1. The van der Waals surface area contributed by atoms with Crippen LogP contribution in [0, 0.1) is 11.8 Å². The molecule has 10 heteroatoms. The van der Waals surface area contributed by atoms with Crippen molar-refractivity contribution in [2.45, 2.75) is 42.0 Å². The molecule has 0 saturated carbocycles. The minimum atomic E-state index is -1.30. The van der Waals surface area contributed by atoms with Crippen molar-refractivity contribution in [1.29, 1.82) is 0 Å². The monoisotopic (exact) mass is 522 g/mol. The number of ether oxygens (including phenoxy) is 2. The number of methoxy groups -OCH3 is 1. The van der Waals surface area contributed by atoms with Crippen molar-refractivity contribution >= 4 is 39.4 Å². The maximum Gasteiger partial charge on any atom is 0.310 e. The molecule has 7 atom stereocenters. The Morgan fingerprint density at radius 3 is 2.64 bits per heavy atom. The molecule has 9 nitrogen and oxygen atoms in total. The van der Waals surface area contributed by atoms with Crippen LogP contribution in [0.25, 0.3) is 0 Å². The lowest BCUT2D eigenvalue weighted by atomic mass is 9.70. The number of carboxylic acids is 1. The molecule has 4 rings (SSSR count). The van der Waals surface area contributed by atoms with Gasteiger partial charge in [-0.3, -0.25) is 14.4 Å². The van der Waals surface area contributed by atoms with Gasteiger partial charge in [-0.05, 0) is 37.6 Å². The molecule has 2 bridgehead atoms. The van der Waals surface area contributed by atoms with Crippen LogP contribution in [0.3, 0.4) is 0 Å². The lowest BCUT2D eigenvalue weighted by molar-refractivity contribution is -0.150. The first-order valence-corrected chi connectivity index (χ1v) is 11.7. The Morgan fingerprint density at radius 2 is 2.09 bits per heavy atom. The first-order chi connectivity index (χ1) is 15.7. The fourth-order valence-electron chi connectivity index (χ4n) is 5.55. The van der Waals surface area contributed by atoms with Gasteiger partial charge in [0.15, 0.2) is 0 Å². The smallest absolute Gasteiger partial charge is 0.310 e. The molecule has 3 aliphatic rings. The van der Waals surface area contributed by atoms with Gasteiger partial charge in [-0.2, -0.15) is 0 Å². The Hall–Kier alpha value is -2.43. The van der Waals surface area contributed by atoms with Crippen molar-refractivity contribution in [3.63, 3.8) is 0 Å². The number of hydrogen-bond acceptors (Lipinski definition) is 6. The fraction of sp³-hybridized carbons (Fsp3) is 0.522. The zero-order valence-corrected chi connectivity index (χ0v) is 20.0. The number of amides is 2. The molecule has 2 N–H and O–H groups in total. The second kappa shape index (κ2) is 8.73. The summed E-state index contributed by atoms with van der Waals surface area (Å²) in [7, 11) is 1.54. The third-order valence-electron chi connectivity index (χ3n) is 6.95. The van der Waals surface area contributed by atoms with Crippen LogP contribution in [0.2, 0.25) is 0 Å². The molecule has 3 heterocycles. The number of carbonyl (C=O) groups excluding carboxylic acids is 2. The van der Waals surface area contributed by atoms with Crippen LogP contribution in [0.5, 0.6) is 5.75 Å². The number of aliphatic hydroxyl groups is 1. The van der Waals surface area contributed by atoms with Gasteiger partial charge in [0.1, 0.15) is 17.4 Å². The van der Waals surface area contributed by atoms with Crippen LogP contribution in [-0.2, 0) is 19.1 Å². The third kappa shape index (κ3) is 3.46. The summed E-state index contributed by atoms with van der Waals surface area (Å²) in [5.41, 5.74) is -0.729. The number of carboxylic acid groups (broad SMARTS) is 1. The van der Waals surface area contributed by atoms with Crippen LogP contribution in [-0.4, -0.2) is 81.8 Å². The summed E-state index contributed by atoms with van der Waals surface area (Å²) in [5.74, 6) is -3.47. The summed E-state index contributed by atoms with van der Waals surface area (Å²) in [4.78, 5) is 42.3. The average Bonchev–Trinajstić information content (AvgIpc) is 3.40. The van der Waals surface area contributed by atoms with E-state index in [4.69, 9.17) is 9.47 Å². The maximum atomic E-state index is 14.1. The maximum absolute atomic E-state index is 14.1. The van der Waals surface area contributed by atoms with Gasteiger partial charge in [-0.15, -0.1) is 6.58 Å². The van der Waals surface area contributed by atoms with E-state index >= 15 is 0 Å². The van der Waals surface area contributed by atoms with Gasteiger partial charge in [0.05, 0.1) is 37.7 Å². The van der Waals surface area contributed by atoms with E-state index in [0.717, 1.165) is 0 Å². The molecule has 178 valence electrons. The average molecular weight is 523 g/mol. The van der Waals surface area contributed by atoms with Crippen LogP contribution in [0.4, 0.5) is 5.69 Å². The number of aliphatic carboxylic acids is 1. The van der Waals surface area contributed by atoms with Crippen LogP contribution < -0.4 is 9.64 Å². The van der Waals surface area contributed by atoms with Gasteiger partial charge in [0.25, 0.3) is 5.91 Å². The Bertz CT molecular complexity index is 970. The Morgan fingerprint density at radius 1 is 1.42 bits per heavy atom. The molecule has 2 amide bonds. The quantitative estimate of drug-likeness (QED) is 0.391. The normalized spacial score (nSPS) is 33.0. The van der Waals surface area contributed by atoms with Gasteiger partial charge < -0.3 is 29.5 Å². The minimum absolute atomic E-state index is 0.168. The molecule has 1 aromatic carbocycles. The molecule has 1 spiro atoms. The summed E-state index contributed by atoms with van der Waals surface area (Å²) >= 11 is 3.51. The van der Waals surface area contributed by atoms with Crippen LogP contribution in [0.15, 0.2) is 36.9 Å². The summed E-state index contributed by atoms with van der Waals surface area (Å²) < 4.78 is 11.4. The molecule has 3 saturated heterocycles. The Kier molecular flexibility index (Phi) is 6.28. The topological polar surface area (TPSA) is 117 Å². The molecule has 3 aliphatic heterocycles. The van der Waals surface area contributed by atoms with E-state index in [0.29, 0.717) is 17.9 Å². The minimum Gasteiger partial charge on any atom is -0.497 e. The second-order valence-corrected chi connectivity index (χ2v) is 9.89. The van der Waals surface area contributed by atoms with E-state index in [9.17, 15) is 24.6 Å².